The van der Waals surface area contributed by atoms with E-state index in [0.717, 1.165) is 16.3 Å². The standard InChI is InChI=1S/C12H9OSi/c13-10-6-7-11(12(14)8-10)9-4-2-1-3-5-9/h1-8,13H. The van der Waals surface area contributed by atoms with E-state index in [2.05, 4.69) is 10.2 Å². The van der Waals surface area contributed by atoms with Gasteiger partial charge in [-0.05, 0) is 23.3 Å². The smallest absolute Gasteiger partial charge is 0.115 e. The lowest BCUT2D eigenvalue weighted by molar-refractivity contribution is 0.476. The Morgan fingerprint density at radius 3 is 2.29 bits per heavy atom. The van der Waals surface area contributed by atoms with Gasteiger partial charge in [-0.2, -0.15) is 0 Å². The van der Waals surface area contributed by atoms with Gasteiger partial charge < -0.3 is 5.11 Å². The molecule has 2 aromatic carbocycles. The second-order valence-corrected chi connectivity index (χ2v) is 3.63. The van der Waals surface area contributed by atoms with Gasteiger partial charge in [-0.1, -0.05) is 41.6 Å². The predicted molar refractivity (Wildman–Crippen MR) is 58.9 cm³/mol. The number of phenolic OH excluding ortho intramolecular Hbond substituents is 1. The van der Waals surface area contributed by atoms with Crippen molar-refractivity contribution in [2.75, 3.05) is 0 Å². The summed E-state index contributed by atoms with van der Waals surface area (Å²) >= 11 is 0. The van der Waals surface area contributed by atoms with E-state index < -0.39 is 0 Å². The first kappa shape index (κ1) is 9.03. The lowest BCUT2D eigenvalue weighted by Crippen LogP contribution is -2.05. The van der Waals surface area contributed by atoms with E-state index in [1.165, 1.54) is 0 Å². The maximum atomic E-state index is 9.25. The third-order valence-corrected chi connectivity index (χ3v) is 2.50. The van der Waals surface area contributed by atoms with E-state index in [1.54, 1.807) is 12.1 Å². The first-order valence-corrected chi connectivity index (χ1v) is 4.87. The molecular weight excluding hydrogens is 188 g/mol. The van der Waals surface area contributed by atoms with Crippen molar-refractivity contribution in [3.8, 4) is 16.9 Å². The summed E-state index contributed by atoms with van der Waals surface area (Å²) in [7, 11) is 3.48. The third-order valence-electron chi connectivity index (χ3n) is 2.09. The summed E-state index contributed by atoms with van der Waals surface area (Å²) < 4.78 is 0. The summed E-state index contributed by atoms with van der Waals surface area (Å²) in [6.45, 7) is 0. The Bertz CT molecular complexity index is 437. The summed E-state index contributed by atoms with van der Waals surface area (Å²) in [6.07, 6.45) is 0. The minimum Gasteiger partial charge on any atom is -0.508 e. The molecule has 0 saturated heterocycles. The van der Waals surface area contributed by atoms with Gasteiger partial charge >= 0.3 is 0 Å². The number of phenols is 1. The highest BCUT2D eigenvalue weighted by Gasteiger charge is 2.00. The number of hydrogen-bond donors (Lipinski definition) is 1. The Balaban J connectivity index is 2.53. The Morgan fingerprint density at radius 1 is 0.929 bits per heavy atom. The molecule has 2 rings (SSSR count). The topological polar surface area (TPSA) is 20.2 Å². The summed E-state index contributed by atoms with van der Waals surface area (Å²) in [5.41, 5.74) is 2.22. The summed E-state index contributed by atoms with van der Waals surface area (Å²) in [5.74, 6) is 0.273. The molecule has 2 heteroatoms. The third kappa shape index (κ3) is 1.70. The molecule has 0 amide bonds. The van der Waals surface area contributed by atoms with Crippen molar-refractivity contribution in [3.63, 3.8) is 0 Å². The molecule has 14 heavy (non-hydrogen) atoms. The number of rotatable bonds is 1. The molecule has 1 nitrogen and oxygen atoms in total. The average Bonchev–Trinajstić information content (AvgIpc) is 2.19. The van der Waals surface area contributed by atoms with Crippen LogP contribution in [0, 0.1) is 0 Å². The Morgan fingerprint density at radius 2 is 1.64 bits per heavy atom. The summed E-state index contributed by atoms with van der Waals surface area (Å²) in [6, 6.07) is 15.3. The van der Waals surface area contributed by atoms with Crippen molar-refractivity contribution in [2.24, 2.45) is 0 Å². The Hall–Kier alpha value is -1.54. The van der Waals surface area contributed by atoms with Crippen LogP contribution in [0.3, 0.4) is 0 Å². The van der Waals surface area contributed by atoms with Crippen LogP contribution in [0.15, 0.2) is 48.5 Å². The maximum absolute atomic E-state index is 9.25. The predicted octanol–water partition coefficient (Wildman–Crippen LogP) is 1.85. The van der Waals surface area contributed by atoms with Gasteiger partial charge in [-0.15, -0.1) is 0 Å². The van der Waals surface area contributed by atoms with Gasteiger partial charge in [0.05, 0.1) is 10.2 Å². The van der Waals surface area contributed by atoms with Crippen LogP contribution in [0.4, 0.5) is 0 Å². The van der Waals surface area contributed by atoms with E-state index in [4.69, 9.17) is 0 Å². The zero-order valence-corrected chi connectivity index (χ0v) is 8.57. The van der Waals surface area contributed by atoms with Gasteiger partial charge in [0.25, 0.3) is 0 Å². The zero-order valence-electron chi connectivity index (χ0n) is 7.57. The fourth-order valence-electron chi connectivity index (χ4n) is 1.40. The number of hydrogen-bond acceptors (Lipinski definition) is 1. The highest BCUT2D eigenvalue weighted by molar-refractivity contribution is 6.36. The van der Waals surface area contributed by atoms with Crippen LogP contribution >= 0.6 is 0 Å². The SMILES string of the molecule is Oc1ccc(-c2ccccc2)c([Si])c1. The molecule has 0 fully saturated rings. The van der Waals surface area contributed by atoms with Crippen molar-refractivity contribution < 1.29 is 5.11 Å². The largest absolute Gasteiger partial charge is 0.508 e. The molecule has 67 valence electrons. The molecule has 1 N–H and O–H groups in total. The van der Waals surface area contributed by atoms with Gasteiger partial charge in [-0.3, -0.25) is 0 Å². The lowest BCUT2D eigenvalue weighted by atomic mass is 10.1. The molecule has 0 atom stereocenters. The van der Waals surface area contributed by atoms with Crippen LogP contribution in [0.1, 0.15) is 0 Å². The number of aromatic hydroxyl groups is 1. The first-order valence-electron chi connectivity index (χ1n) is 4.37. The molecule has 0 aromatic heterocycles. The van der Waals surface area contributed by atoms with Gasteiger partial charge in [0.15, 0.2) is 0 Å². The van der Waals surface area contributed by atoms with Crippen LogP contribution in [-0.2, 0) is 0 Å². The van der Waals surface area contributed by atoms with Gasteiger partial charge in [-0.25, -0.2) is 0 Å². The molecular formula is C12H9OSi. The van der Waals surface area contributed by atoms with Crippen LogP contribution in [0.2, 0.25) is 0 Å². The van der Waals surface area contributed by atoms with Crippen LogP contribution in [0.25, 0.3) is 11.1 Å². The van der Waals surface area contributed by atoms with E-state index in [9.17, 15) is 5.11 Å². The van der Waals surface area contributed by atoms with Crippen molar-refractivity contribution in [1.29, 1.82) is 0 Å². The lowest BCUT2D eigenvalue weighted by Gasteiger charge is -2.05. The summed E-state index contributed by atoms with van der Waals surface area (Å²) in [4.78, 5) is 0. The highest BCUT2D eigenvalue weighted by Crippen LogP contribution is 2.18. The molecule has 0 aliphatic carbocycles. The fourth-order valence-corrected chi connectivity index (χ4v) is 1.78. The van der Waals surface area contributed by atoms with Gasteiger partial charge in [0.2, 0.25) is 0 Å². The quantitative estimate of drug-likeness (QED) is 0.692. The highest BCUT2D eigenvalue weighted by atomic mass is 28.1. The van der Waals surface area contributed by atoms with E-state index >= 15 is 0 Å². The second kappa shape index (κ2) is 3.68. The molecule has 0 spiro atoms. The molecule has 0 aliphatic rings. The minimum absolute atomic E-state index is 0.273. The van der Waals surface area contributed by atoms with Crippen molar-refractivity contribution in [1.82, 2.24) is 0 Å². The number of benzene rings is 2. The first-order chi connectivity index (χ1) is 6.77. The van der Waals surface area contributed by atoms with Crippen LogP contribution in [0.5, 0.6) is 5.75 Å². The van der Waals surface area contributed by atoms with E-state index in [0.29, 0.717) is 0 Å². The van der Waals surface area contributed by atoms with Gasteiger partial charge in [0, 0.05) is 0 Å². The molecule has 0 heterocycles. The Kier molecular flexibility index (Phi) is 2.37. The van der Waals surface area contributed by atoms with Crippen molar-refractivity contribution in [3.05, 3.63) is 48.5 Å². The second-order valence-electron chi connectivity index (χ2n) is 3.10. The minimum atomic E-state index is 0.273. The molecule has 0 bridgehead atoms. The maximum Gasteiger partial charge on any atom is 0.115 e. The average molecular weight is 197 g/mol. The van der Waals surface area contributed by atoms with Gasteiger partial charge in [0.1, 0.15) is 5.75 Å². The van der Waals surface area contributed by atoms with E-state index in [1.807, 2.05) is 36.4 Å². The molecule has 0 saturated carbocycles. The molecule has 3 radical (unpaired) electrons. The normalized spacial score (nSPS) is 10.1. The monoisotopic (exact) mass is 197 g/mol. The van der Waals surface area contributed by atoms with Crippen molar-refractivity contribution in [2.45, 2.75) is 0 Å². The molecule has 0 aliphatic heterocycles. The van der Waals surface area contributed by atoms with E-state index in [-0.39, 0.29) is 5.75 Å². The molecule has 0 unspecified atom stereocenters. The van der Waals surface area contributed by atoms with Crippen molar-refractivity contribution >= 4 is 15.4 Å². The Labute approximate surface area is 86.5 Å². The summed E-state index contributed by atoms with van der Waals surface area (Å²) in [5, 5.41) is 10.2. The van der Waals surface area contributed by atoms with Crippen LogP contribution in [-0.4, -0.2) is 15.3 Å². The fraction of sp³-hybridized carbons (Fsp3) is 0. The zero-order chi connectivity index (χ0) is 9.97. The van der Waals surface area contributed by atoms with Crippen LogP contribution < -0.4 is 5.19 Å². The molecule has 2 aromatic rings.